The summed E-state index contributed by atoms with van der Waals surface area (Å²) in [6, 6.07) is -0.631. The number of hydrogen-bond acceptors (Lipinski definition) is 4. The zero-order valence-electron chi connectivity index (χ0n) is 11.2. The summed E-state index contributed by atoms with van der Waals surface area (Å²) in [4.78, 5) is 34.4. The number of primary amides is 1. The van der Waals surface area contributed by atoms with Crippen LogP contribution in [0.1, 0.15) is 26.7 Å². The predicted molar refractivity (Wildman–Crippen MR) is 67.3 cm³/mol. The zero-order valence-corrected chi connectivity index (χ0v) is 11.2. The van der Waals surface area contributed by atoms with Gasteiger partial charge in [-0.1, -0.05) is 13.3 Å². The summed E-state index contributed by atoms with van der Waals surface area (Å²) < 4.78 is 0. The van der Waals surface area contributed by atoms with E-state index >= 15 is 0 Å². The summed E-state index contributed by atoms with van der Waals surface area (Å²) in [5.41, 5.74) is 2.97. The molecule has 0 aromatic heterocycles. The van der Waals surface area contributed by atoms with Gasteiger partial charge in [-0.3, -0.25) is 4.79 Å². The minimum absolute atomic E-state index is 0.249. The normalized spacial score (nSPS) is 13.4. The molecule has 0 fully saturated rings. The van der Waals surface area contributed by atoms with E-state index in [1.54, 1.807) is 0 Å². The molecule has 3 amide bonds. The van der Waals surface area contributed by atoms with Crippen LogP contribution in [0.3, 0.4) is 0 Å². The molecule has 0 bridgehead atoms. The Kier molecular flexibility index (Phi) is 6.84. The molecule has 0 radical (unpaired) electrons. The SMILES string of the molecule is CCCCN(CC(N)=O)C(=O)NCC(C)(O)C(=O)O. The molecular formula is C11H21N3O5. The minimum Gasteiger partial charge on any atom is -0.479 e. The lowest BCUT2D eigenvalue weighted by atomic mass is 10.1. The monoisotopic (exact) mass is 275 g/mol. The number of carboxylic acids is 1. The van der Waals surface area contributed by atoms with Crippen molar-refractivity contribution >= 4 is 17.9 Å². The number of hydrogen-bond donors (Lipinski definition) is 4. The molecule has 1 unspecified atom stereocenters. The van der Waals surface area contributed by atoms with Crippen LogP contribution < -0.4 is 11.1 Å². The highest BCUT2D eigenvalue weighted by Crippen LogP contribution is 2.02. The summed E-state index contributed by atoms with van der Waals surface area (Å²) in [6.45, 7) is 2.62. The molecule has 0 rings (SSSR count). The smallest absolute Gasteiger partial charge is 0.337 e. The van der Waals surface area contributed by atoms with Gasteiger partial charge >= 0.3 is 12.0 Å². The van der Waals surface area contributed by atoms with Crippen LogP contribution in [0.25, 0.3) is 0 Å². The van der Waals surface area contributed by atoms with E-state index in [0.29, 0.717) is 13.0 Å². The molecule has 0 heterocycles. The van der Waals surface area contributed by atoms with Gasteiger partial charge in [0.15, 0.2) is 5.60 Å². The van der Waals surface area contributed by atoms with Crippen molar-refractivity contribution in [2.45, 2.75) is 32.3 Å². The quantitative estimate of drug-likeness (QED) is 0.456. The number of nitrogens with two attached hydrogens (primary N) is 1. The van der Waals surface area contributed by atoms with Gasteiger partial charge in [0.25, 0.3) is 0 Å². The fraction of sp³-hybridized carbons (Fsp3) is 0.727. The summed E-state index contributed by atoms with van der Waals surface area (Å²) in [5, 5.41) is 20.4. The first-order valence-corrected chi connectivity index (χ1v) is 5.97. The number of amides is 3. The average molecular weight is 275 g/mol. The predicted octanol–water partition coefficient (Wildman–Crippen LogP) is -0.881. The van der Waals surface area contributed by atoms with E-state index in [4.69, 9.17) is 10.8 Å². The Labute approximate surface area is 111 Å². The standard InChI is InChI=1S/C11H21N3O5/c1-3-4-5-14(6-8(12)15)10(18)13-7-11(2,19)9(16)17/h19H,3-7H2,1-2H3,(H2,12,15)(H,13,18)(H,16,17). The Hall–Kier alpha value is -1.83. The van der Waals surface area contributed by atoms with Gasteiger partial charge in [-0.15, -0.1) is 0 Å². The number of nitrogens with zero attached hydrogens (tertiary/aromatic N) is 1. The van der Waals surface area contributed by atoms with Crippen LogP contribution in [0.2, 0.25) is 0 Å². The molecule has 1 atom stereocenters. The summed E-state index contributed by atoms with van der Waals surface area (Å²) >= 11 is 0. The van der Waals surface area contributed by atoms with Crippen molar-refractivity contribution < 1.29 is 24.6 Å². The number of carboxylic acid groups (broad SMARTS) is 1. The van der Waals surface area contributed by atoms with Gasteiger partial charge < -0.3 is 26.2 Å². The van der Waals surface area contributed by atoms with Crippen molar-refractivity contribution in [2.24, 2.45) is 5.73 Å². The molecule has 8 heteroatoms. The molecule has 0 saturated carbocycles. The lowest BCUT2D eigenvalue weighted by molar-refractivity contribution is -0.155. The maximum Gasteiger partial charge on any atom is 0.337 e. The van der Waals surface area contributed by atoms with Crippen LogP contribution in [0.15, 0.2) is 0 Å². The van der Waals surface area contributed by atoms with Crippen LogP contribution in [0.5, 0.6) is 0 Å². The highest BCUT2D eigenvalue weighted by atomic mass is 16.4. The van der Waals surface area contributed by atoms with Crippen LogP contribution in [0.4, 0.5) is 4.79 Å². The topological polar surface area (TPSA) is 133 Å². The number of nitrogens with one attached hydrogen (secondary N) is 1. The summed E-state index contributed by atoms with van der Waals surface area (Å²) in [6.07, 6.45) is 1.52. The van der Waals surface area contributed by atoms with E-state index in [0.717, 1.165) is 13.3 Å². The number of carbonyl (C=O) groups is 3. The molecule has 0 saturated heterocycles. The molecule has 0 spiro atoms. The van der Waals surface area contributed by atoms with E-state index in [2.05, 4.69) is 5.32 Å². The number of unbranched alkanes of at least 4 members (excludes halogenated alkanes) is 1. The van der Waals surface area contributed by atoms with E-state index in [1.807, 2.05) is 6.92 Å². The molecule has 110 valence electrons. The van der Waals surface area contributed by atoms with Gasteiger partial charge in [-0.2, -0.15) is 0 Å². The molecule has 0 aliphatic rings. The number of carbonyl (C=O) groups excluding carboxylic acids is 2. The second kappa shape index (κ2) is 7.57. The van der Waals surface area contributed by atoms with Crippen LogP contribution in [0, 0.1) is 0 Å². The van der Waals surface area contributed by atoms with E-state index in [9.17, 15) is 19.5 Å². The van der Waals surface area contributed by atoms with Gasteiger partial charge in [0.05, 0.1) is 6.54 Å². The third-order valence-electron chi connectivity index (χ3n) is 2.46. The first-order chi connectivity index (χ1) is 8.70. The second-order valence-corrected chi connectivity index (χ2v) is 4.48. The number of aliphatic hydroxyl groups is 1. The molecule has 0 aromatic rings. The molecule has 5 N–H and O–H groups in total. The van der Waals surface area contributed by atoms with Crippen LogP contribution in [-0.2, 0) is 9.59 Å². The lowest BCUT2D eigenvalue weighted by Gasteiger charge is -2.24. The average Bonchev–Trinajstić information content (AvgIpc) is 2.30. The van der Waals surface area contributed by atoms with Crippen molar-refractivity contribution in [3.8, 4) is 0 Å². The van der Waals surface area contributed by atoms with Gasteiger partial charge in [0.1, 0.15) is 6.54 Å². The fourth-order valence-corrected chi connectivity index (χ4v) is 1.22. The Balaban J connectivity index is 4.46. The summed E-state index contributed by atoms with van der Waals surface area (Å²) in [7, 11) is 0. The Morgan fingerprint density at radius 2 is 1.95 bits per heavy atom. The molecule has 0 aromatic carbocycles. The van der Waals surface area contributed by atoms with Gasteiger partial charge in [0.2, 0.25) is 5.91 Å². The maximum absolute atomic E-state index is 11.8. The minimum atomic E-state index is -2.06. The van der Waals surface area contributed by atoms with Crippen molar-refractivity contribution in [1.29, 1.82) is 0 Å². The number of aliphatic carboxylic acids is 1. The van der Waals surface area contributed by atoms with Crippen molar-refractivity contribution in [3.63, 3.8) is 0 Å². The fourth-order valence-electron chi connectivity index (χ4n) is 1.22. The zero-order chi connectivity index (χ0) is 15.1. The largest absolute Gasteiger partial charge is 0.479 e. The Morgan fingerprint density at radius 1 is 1.37 bits per heavy atom. The Morgan fingerprint density at radius 3 is 2.37 bits per heavy atom. The highest BCUT2D eigenvalue weighted by Gasteiger charge is 2.31. The van der Waals surface area contributed by atoms with Gasteiger partial charge in [-0.25, -0.2) is 9.59 Å². The molecule has 19 heavy (non-hydrogen) atoms. The van der Waals surface area contributed by atoms with Crippen LogP contribution >= 0.6 is 0 Å². The molecule has 8 nitrogen and oxygen atoms in total. The third-order valence-corrected chi connectivity index (χ3v) is 2.46. The van der Waals surface area contributed by atoms with Crippen LogP contribution in [-0.4, -0.2) is 58.3 Å². The maximum atomic E-state index is 11.8. The van der Waals surface area contributed by atoms with Crippen molar-refractivity contribution in [1.82, 2.24) is 10.2 Å². The van der Waals surface area contributed by atoms with E-state index in [-0.39, 0.29) is 6.54 Å². The van der Waals surface area contributed by atoms with Gasteiger partial charge in [0, 0.05) is 6.54 Å². The lowest BCUT2D eigenvalue weighted by Crippen LogP contribution is -2.51. The first kappa shape index (κ1) is 17.2. The van der Waals surface area contributed by atoms with E-state index in [1.165, 1.54) is 4.90 Å². The summed E-state index contributed by atoms with van der Waals surface area (Å²) in [5.74, 6) is -2.10. The molecule has 0 aliphatic heterocycles. The third kappa shape index (κ3) is 6.61. The van der Waals surface area contributed by atoms with Gasteiger partial charge in [-0.05, 0) is 13.3 Å². The second-order valence-electron chi connectivity index (χ2n) is 4.48. The number of urea groups is 1. The first-order valence-electron chi connectivity index (χ1n) is 5.97. The highest BCUT2D eigenvalue weighted by molar-refractivity contribution is 5.83. The number of rotatable bonds is 8. The molecular weight excluding hydrogens is 254 g/mol. The van der Waals surface area contributed by atoms with Crippen molar-refractivity contribution in [2.75, 3.05) is 19.6 Å². The Bertz CT molecular complexity index is 343. The van der Waals surface area contributed by atoms with E-state index < -0.39 is 30.1 Å². The van der Waals surface area contributed by atoms with Crippen molar-refractivity contribution in [3.05, 3.63) is 0 Å². The molecule has 0 aliphatic carbocycles.